The molecule has 0 aliphatic rings. The highest BCUT2D eigenvalue weighted by Crippen LogP contribution is 2.12. The molecule has 0 bridgehead atoms. The summed E-state index contributed by atoms with van der Waals surface area (Å²) < 4.78 is 31.7. The molecule has 0 aliphatic heterocycles. The van der Waals surface area contributed by atoms with E-state index < -0.39 is 0 Å². The molecule has 0 saturated heterocycles. The molecule has 8 nitrogen and oxygen atoms in total. The molecule has 27 heavy (non-hydrogen) atoms. The van der Waals surface area contributed by atoms with Crippen molar-refractivity contribution in [2.45, 2.75) is 13.3 Å². The maximum absolute atomic E-state index is 11.1. The van der Waals surface area contributed by atoms with Gasteiger partial charge in [0.15, 0.2) is 0 Å². The predicted octanol–water partition coefficient (Wildman–Crippen LogP) is 1.67. The fourth-order valence-electron chi connectivity index (χ4n) is 1.93. The standard InChI is InChI=1S/C19H31NO7/c1-2-26-19(21)7-8-22-9-10-23-11-12-24-13-14-25-15-16-27-18-5-3-17(20)4-6-18/h3-6H,2,7-16,20H2,1H3. The van der Waals surface area contributed by atoms with E-state index in [-0.39, 0.29) is 12.4 Å². The van der Waals surface area contributed by atoms with Gasteiger partial charge in [-0.25, -0.2) is 0 Å². The first-order valence-electron chi connectivity index (χ1n) is 9.17. The van der Waals surface area contributed by atoms with Crippen molar-refractivity contribution < 1.29 is 33.2 Å². The van der Waals surface area contributed by atoms with E-state index in [0.717, 1.165) is 5.75 Å². The number of carbonyl (C=O) groups excluding carboxylic acids is 1. The Hall–Kier alpha value is -1.87. The van der Waals surface area contributed by atoms with Crippen LogP contribution in [0.5, 0.6) is 5.75 Å². The lowest BCUT2D eigenvalue weighted by Gasteiger charge is -2.08. The van der Waals surface area contributed by atoms with Gasteiger partial charge in [-0.05, 0) is 31.2 Å². The molecule has 2 N–H and O–H groups in total. The molecule has 0 radical (unpaired) electrons. The summed E-state index contributed by atoms with van der Waals surface area (Å²) in [5.74, 6) is 0.525. The molecule has 1 aromatic rings. The summed E-state index contributed by atoms with van der Waals surface area (Å²) in [6.45, 7) is 6.37. The number of esters is 1. The van der Waals surface area contributed by atoms with Gasteiger partial charge in [-0.1, -0.05) is 0 Å². The number of ether oxygens (including phenoxy) is 6. The lowest BCUT2D eigenvalue weighted by atomic mass is 10.3. The second-order valence-corrected chi connectivity index (χ2v) is 5.42. The molecule has 0 saturated carbocycles. The van der Waals surface area contributed by atoms with Gasteiger partial charge in [-0.3, -0.25) is 4.79 Å². The fourth-order valence-corrected chi connectivity index (χ4v) is 1.93. The third kappa shape index (κ3) is 13.9. The van der Waals surface area contributed by atoms with E-state index in [1.165, 1.54) is 0 Å². The minimum atomic E-state index is -0.245. The van der Waals surface area contributed by atoms with Crippen LogP contribution in [-0.2, 0) is 28.5 Å². The summed E-state index contributed by atoms with van der Waals surface area (Å²) in [7, 11) is 0. The second kappa shape index (κ2) is 16.3. The highest BCUT2D eigenvalue weighted by molar-refractivity contribution is 5.69. The number of nitrogen functional groups attached to an aromatic ring is 1. The first-order valence-corrected chi connectivity index (χ1v) is 9.17. The normalized spacial score (nSPS) is 10.7. The largest absolute Gasteiger partial charge is 0.491 e. The lowest BCUT2D eigenvalue weighted by molar-refractivity contribution is -0.144. The van der Waals surface area contributed by atoms with Gasteiger partial charge in [0.2, 0.25) is 0 Å². The van der Waals surface area contributed by atoms with Crippen LogP contribution >= 0.6 is 0 Å². The van der Waals surface area contributed by atoms with E-state index in [0.29, 0.717) is 71.8 Å². The molecule has 0 unspecified atom stereocenters. The fraction of sp³-hybridized carbons (Fsp3) is 0.632. The SMILES string of the molecule is CCOC(=O)CCOCCOCCOCCOCCOc1ccc(N)cc1. The zero-order chi connectivity index (χ0) is 19.6. The molecule has 154 valence electrons. The highest BCUT2D eigenvalue weighted by atomic mass is 16.6. The third-order valence-corrected chi connectivity index (χ3v) is 3.25. The van der Waals surface area contributed by atoms with Gasteiger partial charge in [0.25, 0.3) is 0 Å². The number of anilines is 1. The maximum atomic E-state index is 11.1. The molecular weight excluding hydrogens is 354 g/mol. The van der Waals surface area contributed by atoms with Gasteiger partial charge in [0.1, 0.15) is 12.4 Å². The van der Waals surface area contributed by atoms with Crippen LogP contribution in [0.25, 0.3) is 0 Å². The molecule has 0 heterocycles. The van der Waals surface area contributed by atoms with Crippen LogP contribution in [0.15, 0.2) is 24.3 Å². The van der Waals surface area contributed by atoms with E-state index in [4.69, 9.17) is 34.2 Å². The third-order valence-electron chi connectivity index (χ3n) is 3.25. The minimum Gasteiger partial charge on any atom is -0.491 e. The molecule has 0 aromatic heterocycles. The van der Waals surface area contributed by atoms with Crippen molar-refractivity contribution in [1.82, 2.24) is 0 Å². The first kappa shape index (κ1) is 23.2. The number of carbonyl (C=O) groups is 1. The van der Waals surface area contributed by atoms with Crippen LogP contribution in [0.1, 0.15) is 13.3 Å². The van der Waals surface area contributed by atoms with Crippen molar-refractivity contribution >= 4 is 11.7 Å². The lowest BCUT2D eigenvalue weighted by Crippen LogP contribution is -2.14. The highest BCUT2D eigenvalue weighted by Gasteiger charge is 2.00. The summed E-state index contributed by atoms with van der Waals surface area (Å²) in [5, 5.41) is 0. The Kier molecular flexibility index (Phi) is 14.0. The van der Waals surface area contributed by atoms with Crippen LogP contribution in [0.2, 0.25) is 0 Å². The van der Waals surface area contributed by atoms with Gasteiger partial charge in [-0.15, -0.1) is 0 Å². The van der Waals surface area contributed by atoms with Crippen molar-refractivity contribution in [3.05, 3.63) is 24.3 Å². The van der Waals surface area contributed by atoms with Crippen molar-refractivity contribution in [2.24, 2.45) is 0 Å². The number of rotatable bonds is 17. The van der Waals surface area contributed by atoms with Gasteiger partial charge < -0.3 is 34.2 Å². The molecule has 8 heteroatoms. The zero-order valence-corrected chi connectivity index (χ0v) is 16.0. The van der Waals surface area contributed by atoms with E-state index in [2.05, 4.69) is 0 Å². The number of hydrogen-bond acceptors (Lipinski definition) is 8. The summed E-state index contributed by atoms with van der Waals surface area (Å²) in [4.78, 5) is 11.1. The van der Waals surface area contributed by atoms with Crippen molar-refractivity contribution in [2.75, 3.05) is 71.8 Å². The van der Waals surface area contributed by atoms with E-state index in [1.807, 2.05) is 12.1 Å². The van der Waals surface area contributed by atoms with Gasteiger partial charge in [-0.2, -0.15) is 0 Å². The Morgan fingerprint density at radius 2 is 1.26 bits per heavy atom. The molecule has 0 amide bonds. The summed E-state index contributed by atoms with van der Waals surface area (Å²) in [5.41, 5.74) is 6.31. The van der Waals surface area contributed by atoms with Gasteiger partial charge in [0, 0.05) is 5.69 Å². The van der Waals surface area contributed by atoms with Crippen LogP contribution in [0.4, 0.5) is 5.69 Å². The summed E-state index contributed by atoms with van der Waals surface area (Å²) in [6, 6.07) is 7.23. The summed E-state index contributed by atoms with van der Waals surface area (Å²) >= 11 is 0. The molecule has 1 aromatic carbocycles. The maximum Gasteiger partial charge on any atom is 0.308 e. The number of hydrogen-bond donors (Lipinski definition) is 1. The number of nitrogens with two attached hydrogens (primary N) is 1. The summed E-state index contributed by atoms with van der Waals surface area (Å²) in [6.07, 6.45) is 0.266. The molecule has 0 spiro atoms. The van der Waals surface area contributed by atoms with Crippen LogP contribution in [-0.4, -0.2) is 72.0 Å². The molecule has 0 fully saturated rings. The zero-order valence-electron chi connectivity index (χ0n) is 16.0. The van der Waals surface area contributed by atoms with Crippen molar-refractivity contribution in [1.29, 1.82) is 0 Å². The Bertz CT molecular complexity index is 481. The van der Waals surface area contributed by atoms with E-state index in [9.17, 15) is 4.79 Å². The molecule has 1 rings (SSSR count). The average molecular weight is 385 g/mol. The molecule has 0 atom stereocenters. The van der Waals surface area contributed by atoms with Gasteiger partial charge >= 0.3 is 5.97 Å². The molecular formula is C19H31NO7. The Morgan fingerprint density at radius 1 is 0.778 bits per heavy atom. The topological polar surface area (TPSA) is 98.5 Å². The van der Waals surface area contributed by atoms with E-state index >= 15 is 0 Å². The van der Waals surface area contributed by atoms with Gasteiger partial charge in [0.05, 0.1) is 65.9 Å². The quantitative estimate of drug-likeness (QED) is 0.246. The predicted molar refractivity (Wildman–Crippen MR) is 101 cm³/mol. The smallest absolute Gasteiger partial charge is 0.308 e. The average Bonchev–Trinajstić information content (AvgIpc) is 2.66. The second-order valence-electron chi connectivity index (χ2n) is 5.42. The number of benzene rings is 1. The Labute approximate surface area is 160 Å². The van der Waals surface area contributed by atoms with Crippen LogP contribution in [0, 0.1) is 0 Å². The first-order chi connectivity index (χ1) is 13.2. The Morgan fingerprint density at radius 3 is 1.78 bits per heavy atom. The van der Waals surface area contributed by atoms with Crippen LogP contribution in [0.3, 0.4) is 0 Å². The molecule has 0 aliphatic carbocycles. The monoisotopic (exact) mass is 385 g/mol. The van der Waals surface area contributed by atoms with Crippen molar-refractivity contribution in [3.63, 3.8) is 0 Å². The van der Waals surface area contributed by atoms with Crippen LogP contribution < -0.4 is 10.5 Å². The minimum absolute atomic E-state index is 0.245. The Balaban J connectivity index is 1.75. The van der Waals surface area contributed by atoms with E-state index in [1.54, 1.807) is 19.1 Å². The van der Waals surface area contributed by atoms with Crippen molar-refractivity contribution in [3.8, 4) is 5.75 Å².